The monoisotopic (exact) mass is 273 g/mol. The van der Waals surface area contributed by atoms with Crippen molar-refractivity contribution in [1.82, 2.24) is 15.0 Å². The molecule has 0 radical (unpaired) electrons. The Morgan fingerprint density at radius 3 is 2.76 bits per heavy atom. The minimum absolute atomic E-state index is 0.900. The highest BCUT2D eigenvalue weighted by Gasteiger charge is 2.10. The molecule has 0 saturated carbocycles. The van der Waals surface area contributed by atoms with Crippen molar-refractivity contribution in [3.63, 3.8) is 0 Å². The molecule has 0 saturated heterocycles. The molecule has 2 aromatic carbocycles. The van der Waals surface area contributed by atoms with Gasteiger partial charge in [0.2, 0.25) is 0 Å². The van der Waals surface area contributed by atoms with Gasteiger partial charge in [-0.25, -0.2) is 4.98 Å². The fraction of sp³-hybridized carbons (Fsp3) is 0.111. The number of aromatic nitrogens is 3. The number of pyridine rings is 1. The first-order valence-corrected chi connectivity index (χ1v) is 7.03. The first kappa shape index (κ1) is 12.1. The van der Waals surface area contributed by atoms with Gasteiger partial charge in [-0.15, -0.1) is 0 Å². The van der Waals surface area contributed by atoms with Crippen molar-refractivity contribution in [2.24, 2.45) is 0 Å². The number of nitrogens with one attached hydrogen (secondary N) is 1. The van der Waals surface area contributed by atoms with E-state index in [1.54, 1.807) is 0 Å². The Balaban J connectivity index is 2.03. The summed E-state index contributed by atoms with van der Waals surface area (Å²) in [6, 6.07) is 14.5. The molecule has 2 heterocycles. The van der Waals surface area contributed by atoms with E-state index in [0.29, 0.717) is 0 Å². The van der Waals surface area contributed by atoms with Crippen LogP contribution in [0.15, 0.2) is 48.7 Å². The summed E-state index contributed by atoms with van der Waals surface area (Å²) < 4.78 is 0. The van der Waals surface area contributed by atoms with Gasteiger partial charge >= 0.3 is 0 Å². The predicted octanol–water partition coefficient (Wildman–Crippen LogP) is 4.39. The molecule has 2 aromatic heterocycles. The van der Waals surface area contributed by atoms with Crippen LogP contribution in [0.3, 0.4) is 0 Å². The maximum atomic E-state index is 4.79. The summed E-state index contributed by atoms with van der Waals surface area (Å²) in [6.07, 6.45) is 1.84. The lowest BCUT2D eigenvalue weighted by Crippen LogP contribution is -1.85. The molecule has 0 aliphatic rings. The number of para-hydroxylation sites is 1. The highest BCUT2D eigenvalue weighted by molar-refractivity contribution is 5.94. The van der Waals surface area contributed by atoms with E-state index in [1.807, 2.05) is 30.5 Å². The molecule has 4 rings (SSSR count). The quantitative estimate of drug-likeness (QED) is 0.558. The fourth-order valence-corrected chi connectivity index (χ4v) is 2.90. The van der Waals surface area contributed by atoms with Crippen molar-refractivity contribution in [2.45, 2.75) is 13.8 Å². The van der Waals surface area contributed by atoms with Crippen molar-refractivity contribution >= 4 is 21.9 Å². The van der Waals surface area contributed by atoms with Crippen LogP contribution in [0.25, 0.3) is 33.3 Å². The molecule has 0 atom stereocenters. The molecule has 21 heavy (non-hydrogen) atoms. The van der Waals surface area contributed by atoms with Gasteiger partial charge in [-0.3, -0.25) is 4.98 Å². The predicted molar refractivity (Wildman–Crippen MR) is 86.3 cm³/mol. The molecule has 1 N–H and O–H groups in total. The average Bonchev–Trinajstić information content (AvgIpc) is 2.90. The summed E-state index contributed by atoms with van der Waals surface area (Å²) in [6.45, 7) is 4.21. The normalized spacial score (nSPS) is 11.3. The Hall–Kier alpha value is -2.68. The average molecular weight is 273 g/mol. The van der Waals surface area contributed by atoms with Crippen LogP contribution < -0.4 is 0 Å². The second kappa shape index (κ2) is 4.42. The topological polar surface area (TPSA) is 41.6 Å². The van der Waals surface area contributed by atoms with Crippen LogP contribution >= 0.6 is 0 Å². The number of imidazole rings is 1. The number of H-pyrrole nitrogens is 1. The first-order valence-electron chi connectivity index (χ1n) is 7.03. The van der Waals surface area contributed by atoms with Gasteiger partial charge < -0.3 is 4.98 Å². The highest BCUT2D eigenvalue weighted by atomic mass is 14.9. The van der Waals surface area contributed by atoms with Crippen LogP contribution in [0.1, 0.15) is 11.1 Å². The summed E-state index contributed by atoms with van der Waals surface area (Å²) in [5.74, 6) is 0.900. The van der Waals surface area contributed by atoms with Crippen molar-refractivity contribution < 1.29 is 0 Å². The van der Waals surface area contributed by atoms with E-state index < -0.39 is 0 Å². The van der Waals surface area contributed by atoms with E-state index in [9.17, 15) is 0 Å². The zero-order valence-electron chi connectivity index (χ0n) is 12.0. The lowest BCUT2D eigenvalue weighted by atomic mass is 10.1. The summed E-state index contributed by atoms with van der Waals surface area (Å²) in [4.78, 5) is 12.6. The standard InChI is InChI=1S/C18H15N3/c1-11-9-12(2)17-16(10-11)20-18(21-17)14-7-8-19-15-6-4-3-5-13(14)15/h3-10H,1-2H3,(H,20,21). The van der Waals surface area contributed by atoms with Crippen LogP contribution in [0, 0.1) is 13.8 Å². The van der Waals surface area contributed by atoms with Gasteiger partial charge in [0, 0.05) is 17.1 Å². The second-order valence-corrected chi connectivity index (χ2v) is 5.44. The van der Waals surface area contributed by atoms with Crippen LogP contribution in [0.4, 0.5) is 0 Å². The van der Waals surface area contributed by atoms with Gasteiger partial charge in [-0.1, -0.05) is 24.3 Å². The Bertz CT molecular complexity index is 961. The second-order valence-electron chi connectivity index (χ2n) is 5.44. The molecule has 4 aromatic rings. The molecule has 3 heteroatoms. The molecule has 0 fully saturated rings. The molecule has 0 aliphatic carbocycles. The number of fused-ring (bicyclic) bond motifs is 2. The minimum Gasteiger partial charge on any atom is -0.338 e. The third-order valence-corrected chi connectivity index (χ3v) is 3.83. The molecular formula is C18H15N3. The number of rotatable bonds is 1. The minimum atomic E-state index is 0.900. The Kier molecular flexibility index (Phi) is 2.54. The lowest BCUT2D eigenvalue weighted by molar-refractivity contribution is 1.32. The summed E-state index contributed by atoms with van der Waals surface area (Å²) in [5.41, 5.74) is 6.65. The number of hydrogen-bond donors (Lipinski definition) is 1. The van der Waals surface area contributed by atoms with Crippen molar-refractivity contribution in [3.8, 4) is 11.4 Å². The van der Waals surface area contributed by atoms with E-state index in [-0.39, 0.29) is 0 Å². The van der Waals surface area contributed by atoms with Gasteiger partial charge in [0.15, 0.2) is 0 Å². The molecular weight excluding hydrogens is 258 g/mol. The van der Waals surface area contributed by atoms with Crippen molar-refractivity contribution in [2.75, 3.05) is 0 Å². The molecule has 0 spiro atoms. The largest absolute Gasteiger partial charge is 0.338 e. The van der Waals surface area contributed by atoms with Gasteiger partial charge in [0.05, 0.1) is 16.6 Å². The van der Waals surface area contributed by atoms with Crippen LogP contribution in [-0.4, -0.2) is 15.0 Å². The Labute approximate surface area is 122 Å². The number of hydrogen-bond acceptors (Lipinski definition) is 2. The molecule has 0 unspecified atom stereocenters. The summed E-state index contributed by atoms with van der Waals surface area (Å²) >= 11 is 0. The third kappa shape index (κ3) is 1.89. The van der Waals surface area contributed by atoms with Crippen molar-refractivity contribution in [1.29, 1.82) is 0 Å². The van der Waals surface area contributed by atoms with E-state index in [0.717, 1.165) is 33.3 Å². The van der Waals surface area contributed by atoms with Crippen LogP contribution in [0.2, 0.25) is 0 Å². The summed E-state index contributed by atoms with van der Waals surface area (Å²) in [5, 5.41) is 1.12. The molecule has 3 nitrogen and oxygen atoms in total. The molecule has 102 valence electrons. The number of aryl methyl sites for hydroxylation is 2. The van der Waals surface area contributed by atoms with E-state index in [1.165, 1.54) is 11.1 Å². The fourth-order valence-electron chi connectivity index (χ4n) is 2.90. The number of nitrogens with zero attached hydrogens (tertiary/aromatic N) is 2. The van der Waals surface area contributed by atoms with Crippen LogP contribution in [-0.2, 0) is 0 Å². The van der Waals surface area contributed by atoms with E-state index >= 15 is 0 Å². The lowest BCUT2D eigenvalue weighted by Gasteiger charge is -2.02. The van der Waals surface area contributed by atoms with Gasteiger partial charge in [-0.05, 0) is 43.2 Å². The highest BCUT2D eigenvalue weighted by Crippen LogP contribution is 2.28. The zero-order valence-corrected chi connectivity index (χ0v) is 12.0. The Morgan fingerprint density at radius 2 is 1.86 bits per heavy atom. The molecule has 0 aliphatic heterocycles. The van der Waals surface area contributed by atoms with Gasteiger partial charge in [-0.2, -0.15) is 0 Å². The number of benzene rings is 2. The SMILES string of the molecule is Cc1cc(C)c2nc(-c3ccnc4ccccc34)[nH]c2c1. The molecule has 0 amide bonds. The Morgan fingerprint density at radius 1 is 1.00 bits per heavy atom. The van der Waals surface area contributed by atoms with Gasteiger partial charge in [0.1, 0.15) is 5.82 Å². The summed E-state index contributed by atoms with van der Waals surface area (Å²) in [7, 11) is 0. The van der Waals surface area contributed by atoms with E-state index in [2.05, 4.69) is 42.0 Å². The van der Waals surface area contributed by atoms with Crippen LogP contribution in [0.5, 0.6) is 0 Å². The number of aromatic amines is 1. The zero-order chi connectivity index (χ0) is 14.4. The van der Waals surface area contributed by atoms with E-state index in [4.69, 9.17) is 4.98 Å². The first-order chi connectivity index (χ1) is 10.2. The maximum Gasteiger partial charge on any atom is 0.139 e. The third-order valence-electron chi connectivity index (χ3n) is 3.83. The maximum absolute atomic E-state index is 4.79. The van der Waals surface area contributed by atoms with Gasteiger partial charge in [0.25, 0.3) is 0 Å². The molecule has 0 bridgehead atoms. The smallest absolute Gasteiger partial charge is 0.139 e. The van der Waals surface area contributed by atoms with Crippen molar-refractivity contribution in [3.05, 3.63) is 59.8 Å².